The zero-order valence-electron chi connectivity index (χ0n) is 33.5. The standard InChI is InChI=1S/C44H24O3.C12H9BO3.CH4/c1-3-12-31-29(10-1)41(25-18-20-37-34(23-25)44-39(46-37)22-21-38-43(44)33-14-6-8-16-36(33)45-38)30-11-2-4-13-32(30)42(31)26-17-19-28-27-9-5-7-15-35(27)47-40(28)24-26;14-13(15)8-5-6-10-9-3-1-2-4-11(9)16-12(10)7-8;/h1-24H;1-7,14-15H;1H4. The van der Waals surface area contributed by atoms with E-state index in [-0.39, 0.29) is 7.43 Å². The van der Waals surface area contributed by atoms with Crippen molar-refractivity contribution in [3.8, 4) is 22.3 Å². The molecule has 0 spiro atoms. The van der Waals surface area contributed by atoms with E-state index in [0.717, 1.165) is 93.3 Å². The Kier molecular flexibility index (Phi) is 8.53. The summed E-state index contributed by atoms with van der Waals surface area (Å²) < 4.78 is 24.6. The van der Waals surface area contributed by atoms with Gasteiger partial charge in [0.25, 0.3) is 0 Å². The minimum atomic E-state index is -1.46. The average Bonchev–Trinajstić information content (AvgIpc) is 4.10. The molecule has 2 N–H and O–H groups in total. The lowest BCUT2D eigenvalue weighted by Crippen LogP contribution is -2.29. The van der Waals surface area contributed by atoms with Crippen molar-refractivity contribution in [2.45, 2.75) is 7.43 Å². The van der Waals surface area contributed by atoms with Crippen LogP contribution in [0, 0.1) is 0 Å². The summed E-state index contributed by atoms with van der Waals surface area (Å²) in [5.74, 6) is 0. The quantitative estimate of drug-likeness (QED) is 0.136. The number of furan rings is 4. The lowest BCUT2D eigenvalue weighted by Gasteiger charge is -2.17. The molecule has 0 saturated heterocycles. The average molecular weight is 829 g/mol. The van der Waals surface area contributed by atoms with E-state index in [1.54, 1.807) is 12.1 Å². The van der Waals surface area contributed by atoms with E-state index in [0.29, 0.717) is 11.0 Å². The van der Waals surface area contributed by atoms with Crippen LogP contribution in [0.5, 0.6) is 0 Å². The molecule has 14 aromatic rings. The molecular formula is C57H37BO6. The Balaban J connectivity index is 0.000000215. The van der Waals surface area contributed by atoms with Crippen LogP contribution >= 0.6 is 0 Å². The van der Waals surface area contributed by atoms with E-state index in [4.69, 9.17) is 27.7 Å². The summed E-state index contributed by atoms with van der Waals surface area (Å²) in [4.78, 5) is 0. The summed E-state index contributed by atoms with van der Waals surface area (Å²) in [5.41, 5.74) is 11.9. The second kappa shape index (κ2) is 14.5. The Bertz CT molecular complexity index is 4090. The molecule has 0 unspecified atom stereocenters. The fourth-order valence-corrected chi connectivity index (χ4v) is 9.77. The molecule has 0 aliphatic carbocycles. The summed E-state index contributed by atoms with van der Waals surface area (Å²) in [6.07, 6.45) is 0. The Morgan fingerprint density at radius 1 is 0.281 bits per heavy atom. The lowest BCUT2D eigenvalue weighted by atomic mass is 9.80. The van der Waals surface area contributed by atoms with Crippen molar-refractivity contribution in [1.29, 1.82) is 0 Å². The molecule has 0 radical (unpaired) electrons. The molecule has 64 heavy (non-hydrogen) atoms. The molecule has 6 nitrogen and oxygen atoms in total. The van der Waals surface area contributed by atoms with Gasteiger partial charge in [-0.05, 0) is 110 Å². The fourth-order valence-electron chi connectivity index (χ4n) is 9.77. The molecule has 304 valence electrons. The van der Waals surface area contributed by atoms with Gasteiger partial charge in [0.1, 0.15) is 44.7 Å². The van der Waals surface area contributed by atoms with Gasteiger partial charge in [-0.25, -0.2) is 0 Å². The zero-order chi connectivity index (χ0) is 41.8. The molecule has 0 aliphatic rings. The maximum Gasteiger partial charge on any atom is 0.488 e. The Morgan fingerprint density at radius 3 is 1.19 bits per heavy atom. The molecule has 7 heteroatoms. The Labute approximate surface area is 365 Å². The molecule has 4 aromatic heterocycles. The topological polar surface area (TPSA) is 93.0 Å². The van der Waals surface area contributed by atoms with Crippen molar-refractivity contribution in [2.24, 2.45) is 0 Å². The second-order valence-electron chi connectivity index (χ2n) is 16.1. The Hall–Kier alpha value is -8.10. The molecule has 0 aliphatic heterocycles. The number of fused-ring (bicyclic) bond motifs is 15. The maximum atomic E-state index is 9.07. The molecule has 14 rings (SSSR count). The number of hydrogen-bond acceptors (Lipinski definition) is 6. The van der Waals surface area contributed by atoms with Gasteiger partial charge in [0.2, 0.25) is 0 Å². The van der Waals surface area contributed by atoms with Crippen molar-refractivity contribution in [3.63, 3.8) is 0 Å². The monoisotopic (exact) mass is 828 g/mol. The highest BCUT2D eigenvalue weighted by Gasteiger charge is 2.21. The van der Waals surface area contributed by atoms with Crippen LogP contribution in [0.2, 0.25) is 0 Å². The molecular weight excluding hydrogens is 791 g/mol. The van der Waals surface area contributed by atoms with Gasteiger partial charge in [-0.1, -0.05) is 135 Å². The van der Waals surface area contributed by atoms with Crippen LogP contribution < -0.4 is 5.46 Å². The first-order valence-corrected chi connectivity index (χ1v) is 20.9. The van der Waals surface area contributed by atoms with Crippen LogP contribution in [-0.4, -0.2) is 17.2 Å². The predicted molar refractivity (Wildman–Crippen MR) is 264 cm³/mol. The van der Waals surface area contributed by atoms with Gasteiger partial charge in [0, 0.05) is 43.1 Å². The summed E-state index contributed by atoms with van der Waals surface area (Å²) >= 11 is 0. The van der Waals surface area contributed by atoms with Gasteiger partial charge in [0.05, 0.1) is 0 Å². The number of benzene rings is 10. The molecule has 10 aromatic carbocycles. The van der Waals surface area contributed by atoms with Crippen LogP contribution in [0.3, 0.4) is 0 Å². The van der Waals surface area contributed by atoms with E-state index in [1.165, 1.54) is 32.7 Å². The van der Waals surface area contributed by atoms with Crippen molar-refractivity contribution in [3.05, 3.63) is 188 Å². The first kappa shape index (κ1) is 37.6. The van der Waals surface area contributed by atoms with E-state index in [9.17, 15) is 0 Å². The van der Waals surface area contributed by atoms with Gasteiger partial charge in [-0.2, -0.15) is 0 Å². The number of para-hydroxylation sites is 3. The van der Waals surface area contributed by atoms with Crippen LogP contribution in [0.15, 0.2) is 206 Å². The van der Waals surface area contributed by atoms with Crippen molar-refractivity contribution in [2.75, 3.05) is 0 Å². The van der Waals surface area contributed by atoms with Crippen molar-refractivity contribution < 1.29 is 27.7 Å². The minimum Gasteiger partial charge on any atom is -0.456 e. The molecule has 0 amide bonds. The normalized spacial score (nSPS) is 11.8. The third-order valence-electron chi connectivity index (χ3n) is 12.6. The van der Waals surface area contributed by atoms with Gasteiger partial charge in [0.15, 0.2) is 0 Å². The lowest BCUT2D eigenvalue weighted by molar-refractivity contribution is 0.425. The number of hydrogen-bond donors (Lipinski definition) is 2. The fraction of sp³-hybridized carbons (Fsp3) is 0.0175. The van der Waals surface area contributed by atoms with Crippen molar-refractivity contribution >= 4 is 122 Å². The first-order chi connectivity index (χ1) is 31.1. The van der Waals surface area contributed by atoms with E-state index in [1.807, 2.05) is 66.7 Å². The van der Waals surface area contributed by atoms with E-state index < -0.39 is 7.12 Å². The summed E-state index contributed by atoms with van der Waals surface area (Å²) in [5, 5.41) is 31.6. The third kappa shape index (κ3) is 5.69. The summed E-state index contributed by atoms with van der Waals surface area (Å²) in [7, 11) is -1.46. The highest BCUT2D eigenvalue weighted by atomic mass is 16.4. The van der Waals surface area contributed by atoms with E-state index in [2.05, 4.69) is 109 Å². The third-order valence-corrected chi connectivity index (χ3v) is 12.6. The van der Waals surface area contributed by atoms with Crippen molar-refractivity contribution in [1.82, 2.24) is 0 Å². The van der Waals surface area contributed by atoms with E-state index >= 15 is 0 Å². The Morgan fingerprint density at radius 2 is 0.641 bits per heavy atom. The zero-order valence-corrected chi connectivity index (χ0v) is 33.5. The SMILES string of the molecule is C.OB(O)c1ccc2c(c1)oc1ccccc12.c1ccc2c(c1)oc1cc(-c3c4ccccc4c(-c4ccc5oc6ccc7oc8ccccc8c7c6c5c4)c4ccccc34)ccc12. The van der Waals surface area contributed by atoms with Gasteiger partial charge in [-0.3, -0.25) is 0 Å². The summed E-state index contributed by atoms with van der Waals surface area (Å²) in [6.45, 7) is 0. The van der Waals surface area contributed by atoms with Gasteiger partial charge < -0.3 is 27.7 Å². The molecule has 0 bridgehead atoms. The highest BCUT2D eigenvalue weighted by molar-refractivity contribution is 6.59. The maximum absolute atomic E-state index is 9.07. The van der Waals surface area contributed by atoms with Gasteiger partial charge in [-0.15, -0.1) is 0 Å². The van der Waals surface area contributed by atoms with Gasteiger partial charge >= 0.3 is 7.12 Å². The van der Waals surface area contributed by atoms with Crippen LogP contribution in [0.4, 0.5) is 0 Å². The second-order valence-corrected chi connectivity index (χ2v) is 16.1. The van der Waals surface area contributed by atoms with Crippen LogP contribution in [0.25, 0.3) is 132 Å². The largest absolute Gasteiger partial charge is 0.488 e. The minimum absolute atomic E-state index is 0. The van der Waals surface area contributed by atoms with Crippen LogP contribution in [0.1, 0.15) is 7.43 Å². The predicted octanol–water partition coefficient (Wildman–Crippen LogP) is 14.9. The summed E-state index contributed by atoms with van der Waals surface area (Å²) in [6, 6.07) is 64.3. The number of rotatable bonds is 3. The molecule has 0 fully saturated rings. The molecule has 0 atom stereocenters. The smallest absolute Gasteiger partial charge is 0.456 e. The first-order valence-electron chi connectivity index (χ1n) is 20.9. The van der Waals surface area contributed by atoms with Crippen LogP contribution in [-0.2, 0) is 0 Å². The highest BCUT2D eigenvalue weighted by Crippen LogP contribution is 2.47. The molecule has 0 saturated carbocycles. The molecule has 4 heterocycles.